The Hall–Kier alpha value is -7.45. The largest absolute Gasteiger partial charge is 0.574 e. The molecule has 6 aromatic carbocycles. The van der Waals surface area contributed by atoms with Gasteiger partial charge in [0.2, 0.25) is 0 Å². The van der Waals surface area contributed by atoms with Crippen molar-refractivity contribution in [3.63, 3.8) is 0 Å². The number of anilines is 6. The molecule has 68 heavy (non-hydrogen) atoms. The van der Waals surface area contributed by atoms with Crippen molar-refractivity contribution in [1.82, 2.24) is 35.3 Å². The average molecular weight is 1250 g/mol. The van der Waals surface area contributed by atoms with Gasteiger partial charge in [-0.1, -0.05) is 133 Å². The quantitative estimate of drug-likeness (QED) is 0.149. The van der Waals surface area contributed by atoms with E-state index in [1.807, 2.05) is 236 Å². The number of fused-ring (bicyclic) bond motifs is 2. The minimum Gasteiger partial charge on any atom is -0.574 e. The summed E-state index contributed by atoms with van der Waals surface area (Å²) >= 11 is 0. The van der Waals surface area contributed by atoms with Gasteiger partial charge in [0.1, 0.15) is 17.5 Å². The Kier molecular flexibility index (Phi) is 17.0. The number of aromatic nitrogens is 7. The van der Waals surface area contributed by atoms with Gasteiger partial charge in [-0.25, -0.2) is 15.0 Å². The predicted molar refractivity (Wildman–Crippen MR) is 263 cm³/mol. The molecule has 344 valence electrons. The van der Waals surface area contributed by atoms with Crippen molar-refractivity contribution in [3.8, 4) is 45.0 Å². The van der Waals surface area contributed by atoms with Crippen molar-refractivity contribution in [2.75, 3.05) is 33.7 Å². The molecule has 0 unspecified atom stereocenters. The Morgan fingerprint density at radius 2 is 0.824 bits per heavy atom. The molecule has 0 N–H and O–H groups in total. The standard InChI is InChI=1S/2C15H11N2.C13H11N3.C12H10N4.2Pt/c2*1-3-7-12(8-4-1)14-11-15(17-16-14)13-9-5-2-6-10-13;1-15-10-16(11-6-3-2-4-7-11)13-12(15)8-5-9-14-13;1-15-9-16(10-5-3-2-4-6-10)12-11(15)13-7-8-14-12;;/h2*1-11H;2-6,8-10H,1H3;2-5,7-9H,1H3;;/q2*-1;2*-2;;. The number of pyridine rings is 1. The number of rotatable bonds is 6. The van der Waals surface area contributed by atoms with Crippen LogP contribution >= 0.6 is 0 Å². The normalized spacial score (nSPS) is 11.8. The molecule has 10 aromatic rings. The first-order valence-electron chi connectivity index (χ1n) is 21.2. The first kappa shape index (κ1) is 48.5. The summed E-state index contributed by atoms with van der Waals surface area (Å²) in [5, 5.41) is 16.9. The average Bonchev–Trinajstić information content (AvgIpc) is 4.23. The van der Waals surface area contributed by atoms with E-state index in [-0.39, 0.29) is 42.1 Å². The van der Waals surface area contributed by atoms with E-state index in [4.69, 9.17) is 0 Å². The van der Waals surface area contributed by atoms with Crippen LogP contribution in [0.5, 0.6) is 0 Å². The van der Waals surface area contributed by atoms with Crippen LogP contribution in [0.1, 0.15) is 0 Å². The van der Waals surface area contributed by atoms with Gasteiger partial charge in [0.15, 0.2) is 0 Å². The van der Waals surface area contributed by atoms with Crippen LogP contribution in [0.2, 0.25) is 0 Å². The molecule has 11 nitrogen and oxygen atoms in total. The molecule has 0 bridgehead atoms. The Morgan fingerprint density at radius 1 is 0.412 bits per heavy atom. The van der Waals surface area contributed by atoms with Gasteiger partial charge in [0.05, 0.1) is 0 Å². The number of benzene rings is 6. The van der Waals surface area contributed by atoms with E-state index < -0.39 is 0 Å². The zero-order valence-electron chi connectivity index (χ0n) is 36.9. The Morgan fingerprint density at radius 3 is 1.29 bits per heavy atom. The van der Waals surface area contributed by atoms with Gasteiger partial charge in [-0.15, -0.1) is 29.4 Å². The van der Waals surface area contributed by atoms with Crippen molar-refractivity contribution < 1.29 is 42.1 Å². The summed E-state index contributed by atoms with van der Waals surface area (Å²) < 4.78 is 0. The fourth-order valence-corrected chi connectivity index (χ4v) is 7.17. The Bertz CT molecular complexity index is 2720. The topological polar surface area (TPSA) is 106 Å². The Balaban J connectivity index is 0.000000133. The molecule has 0 saturated heterocycles. The fraction of sp³-hybridized carbons (Fsp3) is 0.0364. The molecule has 12 rings (SSSR count). The Labute approximate surface area is 426 Å². The molecule has 0 spiro atoms. The zero-order chi connectivity index (χ0) is 44.9. The second-order valence-electron chi connectivity index (χ2n) is 14.9. The van der Waals surface area contributed by atoms with E-state index in [1.54, 1.807) is 12.4 Å². The number of hydrogen-bond acceptors (Lipinski definition) is 9. The van der Waals surface area contributed by atoms with Crippen LogP contribution in [0.15, 0.2) is 213 Å². The summed E-state index contributed by atoms with van der Waals surface area (Å²) in [6, 6.07) is 70.5. The second kappa shape index (κ2) is 23.8. The van der Waals surface area contributed by atoms with E-state index in [0.717, 1.165) is 79.5 Å². The minimum absolute atomic E-state index is 0. The van der Waals surface area contributed by atoms with Gasteiger partial charge in [-0.3, -0.25) is 0 Å². The third kappa shape index (κ3) is 11.7. The third-order valence-corrected chi connectivity index (χ3v) is 10.4. The maximum absolute atomic E-state index is 4.40. The van der Waals surface area contributed by atoms with Crippen LogP contribution in [0, 0.1) is 25.5 Å². The van der Waals surface area contributed by atoms with E-state index in [2.05, 4.69) is 58.4 Å². The molecule has 0 radical (unpaired) electrons. The van der Waals surface area contributed by atoms with Gasteiger partial charge in [-0.05, 0) is 48.5 Å². The van der Waals surface area contributed by atoms with Crippen LogP contribution in [0.4, 0.5) is 34.5 Å². The minimum atomic E-state index is 0. The summed E-state index contributed by atoms with van der Waals surface area (Å²) in [5.74, 6) is 2.65. The smallest absolute Gasteiger partial charge is 0.143 e. The van der Waals surface area contributed by atoms with Crippen molar-refractivity contribution in [2.24, 2.45) is 0 Å². The molecule has 0 fully saturated rings. The zero-order valence-corrected chi connectivity index (χ0v) is 41.5. The number of nitrogens with zero attached hydrogens (tertiary/aromatic N) is 11. The van der Waals surface area contributed by atoms with Crippen molar-refractivity contribution >= 4 is 34.5 Å². The van der Waals surface area contributed by atoms with Gasteiger partial charge in [-0.2, -0.15) is 67.3 Å². The van der Waals surface area contributed by atoms with E-state index >= 15 is 0 Å². The van der Waals surface area contributed by atoms with E-state index in [9.17, 15) is 0 Å². The van der Waals surface area contributed by atoms with Crippen molar-refractivity contribution in [1.29, 1.82) is 0 Å². The molecule has 2 aliphatic heterocycles. The van der Waals surface area contributed by atoms with Crippen LogP contribution in [0.3, 0.4) is 0 Å². The summed E-state index contributed by atoms with van der Waals surface area (Å²) in [5.41, 5.74) is 11.2. The molecule has 0 saturated carbocycles. The molecule has 0 amide bonds. The SMILES string of the molecule is CN1[CH-]N(c2[c-]cccc2)c2ncccc21.CN1[CH-]N(c2[c-]cccc2)c2nccnc21.[Pt].[Pt].c1ccc(-c2cc(-c3ccccc3)[n-]n2)cc1.c1ccc(-c2cc(-c3ccccc3)[n-]n2)cc1. The molecule has 2 aliphatic rings. The van der Waals surface area contributed by atoms with Crippen molar-refractivity contribution in [2.45, 2.75) is 0 Å². The van der Waals surface area contributed by atoms with Crippen LogP contribution < -0.4 is 29.8 Å². The summed E-state index contributed by atoms with van der Waals surface area (Å²) in [6.07, 6.45) is 5.20. The fourth-order valence-electron chi connectivity index (χ4n) is 7.17. The molecule has 0 aliphatic carbocycles. The van der Waals surface area contributed by atoms with Gasteiger partial charge in [0.25, 0.3) is 0 Å². The van der Waals surface area contributed by atoms with Gasteiger partial charge < -0.3 is 40.0 Å². The second-order valence-corrected chi connectivity index (χ2v) is 14.9. The van der Waals surface area contributed by atoms with Gasteiger partial charge >= 0.3 is 0 Å². The first-order chi connectivity index (χ1) is 32.6. The number of hydrogen-bond donors (Lipinski definition) is 0. The molecular weight excluding hydrogens is 1200 g/mol. The first-order valence-corrected chi connectivity index (χ1v) is 21.2. The van der Waals surface area contributed by atoms with Crippen molar-refractivity contribution in [3.05, 3.63) is 238 Å². The van der Waals surface area contributed by atoms with Crippen LogP contribution in [-0.4, -0.2) is 39.2 Å². The maximum Gasteiger partial charge on any atom is 0.143 e. The predicted octanol–water partition coefficient (Wildman–Crippen LogP) is 11.3. The molecule has 4 aromatic heterocycles. The molecular formula is C55H43N11Pt2-6. The third-order valence-electron chi connectivity index (χ3n) is 10.4. The molecule has 13 heteroatoms. The van der Waals surface area contributed by atoms with Crippen LogP contribution in [-0.2, 0) is 42.1 Å². The van der Waals surface area contributed by atoms with Crippen LogP contribution in [0.25, 0.3) is 45.0 Å². The monoisotopic (exact) mass is 1250 g/mol. The van der Waals surface area contributed by atoms with E-state index in [1.165, 1.54) is 0 Å². The summed E-state index contributed by atoms with van der Waals surface area (Å²) in [6.45, 7) is 3.97. The number of para-hydroxylation sites is 2. The summed E-state index contributed by atoms with van der Waals surface area (Å²) in [7, 11) is 3.97. The molecule has 0 atom stereocenters. The van der Waals surface area contributed by atoms with E-state index in [0.29, 0.717) is 0 Å². The maximum atomic E-state index is 4.40. The summed E-state index contributed by atoms with van der Waals surface area (Å²) in [4.78, 5) is 21.0. The molecule has 6 heterocycles. The van der Waals surface area contributed by atoms with Gasteiger partial charge in [0, 0.05) is 77.8 Å².